The average Bonchev–Trinajstić information content (AvgIpc) is 3.03. The maximum atomic E-state index is 12.9. The van der Waals surface area contributed by atoms with Crippen LogP contribution in [0.15, 0.2) is 88.6 Å². The molecule has 0 saturated carbocycles. The summed E-state index contributed by atoms with van der Waals surface area (Å²) in [6, 6.07) is 16.9. The topological polar surface area (TPSA) is 118 Å². The first kappa shape index (κ1) is 22.3. The van der Waals surface area contributed by atoms with E-state index in [0.29, 0.717) is 17.1 Å². The van der Waals surface area contributed by atoms with Crippen LogP contribution in [-0.2, 0) is 19.6 Å². The van der Waals surface area contributed by atoms with Crippen molar-refractivity contribution >= 4 is 50.6 Å². The number of anilines is 3. The molecule has 0 unspecified atom stereocenters. The lowest BCUT2D eigenvalue weighted by atomic mass is 10.2. The second-order valence-corrected chi connectivity index (χ2v) is 8.87. The number of nitrogens with one attached hydrogen (secondary N) is 2. The summed E-state index contributed by atoms with van der Waals surface area (Å²) in [7, 11) is -2.39. The molecule has 0 spiro atoms. The number of carbonyl (C=O) groups is 2. The third kappa shape index (κ3) is 4.52. The van der Waals surface area contributed by atoms with E-state index in [1.54, 1.807) is 30.3 Å². The predicted octanol–water partition coefficient (Wildman–Crippen LogP) is 3.33. The first-order valence-electron chi connectivity index (χ1n) is 9.54. The van der Waals surface area contributed by atoms with Gasteiger partial charge in [0.25, 0.3) is 21.8 Å². The van der Waals surface area contributed by atoms with Gasteiger partial charge in [0.05, 0.1) is 17.7 Å². The van der Waals surface area contributed by atoms with Crippen LogP contribution in [0, 0.1) is 0 Å². The van der Waals surface area contributed by atoms with Crippen LogP contribution >= 0.6 is 11.6 Å². The SMILES string of the molecule is COc1cccc(N2C(=O)C(Cl)=C(Nc3ccc(S(=O)(=O)Nc4ccccn4)cc3)C2=O)c1. The largest absolute Gasteiger partial charge is 0.497 e. The third-order valence-electron chi connectivity index (χ3n) is 4.68. The molecule has 1 aromatic heterocycles. The van der Waals surface area contributed by atoms with Gasteiger partial charge in [0.1, 0.15) is 22.3 Å². The quantitative estimate of drug-likeness (QED) is 0.494. The van der Waals surface area contributed by atoms with Crippen molar-refractivity contribution < 1.29 is 22.7 Å². The Bertz CT molecular complexity index is 1360. The number of pyridine rings is 1. The molecular formula is C22H17ClN4O5S. The van der Waals surface area contributed by atoms with Crippen molar-refractivity contribution in [1.82, 2.24) is 4.98 Å². The van der Waals surface area contributed by atoms with Gasteiger partial charge < -0.3 is 10.1 Å². The minimum Gasteiger partial charge on any atom is -0.497 e. The summed E-state index contributed by atoms with van der Waals surface area (Å²) in [5, 5.41) is 2.52. The molecule has 1 aliphatic heterocycles. The Balaban J connectivity index is 1.53. The summed E-state index contributed by atoms with van der Waals surface area (Å²) in [6.07, 6.45) is 1.47. The van der Waals surface area contributed by atoms with Gasteiger partial charge in [-0.2, -0.15) is 0 Å². The van der Waals surface area contributed by atoms with Gasteiger partial charge in [0.15, 0.2) is 0 Å². The summed E-state index contributed by atoms with van der Waals surface area (Å²) in [5.74, 6) is -0.672. The molecule has 1 aliphatic rings. The maximum absolute atomic E-state index is 12.9. The number of rotatable bonds is 7. The number of hydrogen-bond acceptors (Lipinski definition) is 7. The van der Waals surface area contributed by atoms with Crippen LogP contribution in [0.1, 0.15) is 0 Å². The minimum atomic E-state index is -3.86. The summed E-state index contributed by atoms with van der Waals surface area (Å²) in [4.78, 5) is 30.4. The number of halogens is 1. The van der Waals surface area contributed by atoms with Crippen LogP contribution in [0.2, 0.25) is 0 Å². The van der Waals surface area contributed by atoms with Crippen molar-refractivity contribution in [2.75, 3.05) is 22.0 Å². The number of sulfonamides is 1. The van der Waals surface area contributed by atoms with Crippen LogP contribution < -0.4 is 19.7 Å². The number of hydrogen-bond donors (Lipinski definition) is 2. The molecular weight excluding hydrogens is 468 g/mol. The maximum Gasteiger partial charge on any atom is 0.283 e. The molecule has 3 aromatic rings. The van der Waals surface area contributed by atoms with E-state index in [1.807, 2.05) is 0 Å². The molecule has 0 aliphatic carbocycles. The Morgan fingerprint density at radius 2 is 1.73 bits per heavy atom. The van der Waals surface area contributed by atoms with Crippen molar-refractivity contribution in [1.29, 1.82) is 0 Å². The number of carbonyl (C=O) groups excluding carboxylic acids is 2. The number of benzene rings is 2. The molecule has 0 radical (unpaired) electrons. The Kier molecular flexibility index (Phi) is 6.03. The molecule has 168 valence electrons. The molecule has 11 heteroatoms. The molecule has 9 nitrogen and oxygen atoms in total. The number of aromatic nitrogens is 1. The molecule has 0 saturated heterocycles. The van der Waals surface area contributed by atoms with Gasteiger partial charge in [0, 0.05) is 18.0 Å². The van der Waals surface area contributed by atoms with E-state index in [9.17, 15) is 18.0 Å². The first-order chi connectivity index (χ1) is 15.8. The lowest BCUT2D eigenvalue weighted by Gasteiger charge is -2.16. The second-order valence-electron chi connectivity index (χ2n) is 6.81. The molecule has 2 amide bonds. The normalized spacial score (nSPS) is 13.9. The van der Waals surface area contributed by atoms with E-state index < -0.39 is 21.8 Å². The van der Waals surface area contributed by atoms with Crippen molar-refractivity contribution in [3.63, 3.8) is 0 Å². The van der Waals surface area contributed by atoms with E-state index in [0.717, 1.165) is 4.90 Å². The first-order valence-corrected chi connectivity index (χ1v) is 11.4. The van der Waals surface area contributed by atoms with Gasteiger partial charge in [-0.1, -0.05) is 23.7 Å². The Hall–Kier alpha value is -3.89. The summed E-state index contributed by atoms with van der Waals surface area (Å²) in [6.45, 7) is 0. The highest BCUT2D eigenvalue weighted by Crippen LogP contribution is 2.32. The molecule has 0 fully saturated rings. The number of amides is 2. The fraction of sp³-hybridized carbons (Fsp3) is 0.0455. The fourth-order valence-electron chi connectivity index (χ4n) is 3.08. The van der Waals surface area contributed by atoms with E-state index in [4.69, 9.17) is 16.3 Å². The third-order valence-corrected chi connectivity index (χ3v) is 6.40. The zero-order chi connectivity index (χ0) is 23.6. The van der Waals surface area contributed by atoms with E-state index in [-0.39, 0.29) is 21.4 Å². The highest BCUT2D eigenvalue weighted by atomic mass is 35.5. The summed E-state index contributed by atoms with van der Waals surface area (Å²) >= 11 is 6.15. The Morgan fingerprint density at radius 1 is 0.970 bits per heavy atom. The average molecular weight is 485 g/mol. The fourth-order valence-corrected chi connectivity index (χ4v) is 4.30. The lowest BCUT2D eigenvalue weighted by molar-refractivity contribution is -0.120. The standard InChI is InChI=1S/C22H17ClN4O5S/c1-32-16-6-4-5-15(13-16)27-21(28)19(23)20(22(27)29)25-14-8-10-17(11-9-14)33(30,31)26-18-7-2-3-12-24-18/h2-13,25H,1H3,(H,24,26). The van der Waals surface area contributed by atoms with Crippen molar-refractivity contribution in [3.8, 4) is 5.75 Å². The molecule has 2 N–H and O–H groups in total. The van der Waals surface area contributed by atoms with Crippen LogP contribution in [0.5, 0.6) is 5.75 Å². The Morgan fingerprint density at radius 3 is 2.39 bits per heavy atom. The highest BCUT2D eigenvalue weighted by Gasteiger charge is 2.39. The van der Waals surface area contributed by atoms with Crippen LogP contribution in [0.3, 0.4) is 0 Å². The zero-order valence-electron chi connectivity index (χ0n) is 17.2. The number of imide groups is 1. The van der Waals surface area contributed by atoms with Gasteiger partial charge in [-0.05, 0) is 48.5 Å². The molecule has 2 heterocycles. The number of nitrogens with zero attached hydrogens (tertiary/aromatic N) is 2. The van der Waals surface area contributed by atoms with Crippen molar-refractivity contribution in [2.24, 2.45) is 0 Å². The van der Waals surface area contributed by atoms with Gasteiger partial charge >= 0.3 is 0 Å². The van der Waals surface area contributed by atoms with E-state index in [1.165, 1.54) is 49.7 Å². The lowest BCUT2D eigenvalue weighted by Crippen LogP contribution is -2.32. The molecule has 33 heavy (non-hydrogen) atoms. The van der Waals surface area contributed by atoms with Gasteiger partial charge in [-0.15, -0.1) is 0 Å². The molecule has 2 aromatic carbocycles. The summed E-state index contributed by atoms with van der Waals surface area (Å²) < 4.78 is 32.6. The van der Waals surface area contributed by atoms with E-state index >= 15 is 0 Å². The van der Waals surface area contributed by atoms with Crippen molar-refractivity contribution in [2.45, 2.75) is 4.90 Å². The molecule has 0 atom stereocenters. The second kappa shape index (κ2) is 8.93. The van der Waals surface area contributed by atoms with Gasteiger partial charge in [0.2, 0.25) is 0 Å². The molecule has 0 bridgehead atoms. The smallest absolute Gasteiger partial charge is 0.283 e. The van der Waals surface area contributed by atoms with Crippen molar-refractivity contribution in [3.05, 3.63) is 83.7 Å². The van der Waals surface area contributed by atoms with Gasteiger partial charge in [-0.25, -0.2) is 18.3 Å². The highest BCUT2D eigenvalue weighted by molar-refractivity contribution is 7.92. The monoisotopic (exact) mass is 484 g/mol. The number of ether oxygens (including phenoxy) is 1. The number of methoxy groups -OCH3 is 1. The van der Waals surface area contributed by atoms with Gasteiger partial charge in [-0.3, -0.25) is 14.3 Å². The summed E-state index contributed by atoms with van der Waals surface area (Å²) in [5.41, 5.74) is 0.557. The Labute approximate surface area is 194 Å². The van der Waals surface area contributed by atoms with Crippen LogP contribution in [0.25, 0.3) is 0 Å². The molecule has 4 rings (SSSR count). The predicted molar refractivity (Wildman–Crippen MR) is 123 cm³/mol. The van der Waals surface area contributed by atoms with E-state index in [2.05, 4.69) is 15.0 Å². The van der Waals surface area contributed by atoms with Crippen LogP contribution in [0.4, 0.5) is 17.2 Å². The minimum absolute atomic E-state index is 0.00869. The zero-order valence-corrected chi connectivity index (χ0v) is 18.7. The van der Waals surface area contributed by atoms with Crippen LogP contribution in [-0.4, -0.2) is 32.3 Å².